The Balaban J connectivity index is 1.19. The Bertz CT molecular complexity index is 2780. The summed E-state index contributed by atoms with van der Waals surface area (Å²) >= 11 is 0. The van der Waals surface area contributed by atoms with Crippen LogP contribution in [0.4, 0.5) is 0 Å². The molecule has 1 heteroatoms. The fourth-order valence-corrected chi connectivity index (χ4v) is 7.67. The van der Waals surface area contributed by atoms with Gasteiger partial charge in [-0.1, -0.05) is 140 Å². The van der Waals surface area contributed by atoms with Crippen LogP contribution in [0.2, 0.25) is 0 Å². The molecule has 10 rings (SSSR count). The van der Waals surface area contributed by atoms with E-state index in [0.717, 1.165) is 22.1 Å². The Morgan fingerprint density at radius 1 is 0.277 bits per heavy atom. The second kappa shape index (κ2) is 10.2. The van der Waals surface area contributed by atoms with Crippen molar-refractivity contribution in [3.8, 4) is 33.4 Å². The molecule has 0 aliphatic heterocycles. The van der Waals surface area contributed by atoms with Crippen LogP contribution in [0.15, 0.2) is 174 Å². The number of furan rings is 1. The Morgan fingerprint density at radius 2 is 0.809 bits per heavy atom. The van der Waals surface area contributed by atoms with Gasteiger partial charge in [0.2, 0.25) is 0 Å². The van der Waals surface area contributed by atoms with E-state index in [1.807, 2.05) is 0 Å². The fourth-order valence-electron chi connectivity index (χ4n) is 7.67. The predicted molar refractivity (Wildman–Crippen MR) is 200 cm³/mol. The van der Waals surface area contributed by atoms with Gasteiger partial charge in [0.05, 0.1) is 0 Å². The molecule has 0 aliphatic rings. The molecular formula is C46H28O. The van der Waals surface area contributed by atoms with Crippen LogP contribution in [0, 0.1) is 0 Å². The zero-order chi connectivity index (χ0) is 30.9. The van der Waals surface area contributed by atoms with Gasteiger partial charge >= 0.3 is 0 Å². The van der Waals surface area contributed by atoms with Crippen molar-refractivity contribution in [1.29, 1.82) is 0 Å². The van der Waals surface area contributed by atoms with Gasteiger partial charge in [0, 0.05) is 10.8 Å². The molecule has 0 spiro atoms. The summed E-state index contributed by atoms with van der Waals surface area (Å²) in [6.45, 7) is 0. The highest BCUT2D eigenvalue weighted by molar-refractivity contribution is 6.23. The Hall–Kier alpha value is -6.18. The smallest absolute Gasteiger partial charge is 0.136 e. The van der Waals surface area contributed by atoms with Crippen molar-refractivity contribution < 1.29 is 4.42 Å². The Labute approximate surface area is 271 Å². The molecule has 0 aliphatic carbocycles. The lowest BCUT2D eigenvalue weighted by molar-refractivity contribution is 0.669. The highest BCUT2D eigenvalue weighted by Crippen LogP contribution is 2.45. The predicted octanol–water partition coefficient (Wildman–Crippen LogP) is 13.2. The lowest BCUT2D eigenvalue weighted by atomic mass is 9.85. The minimum absolute atomic E-state index is 0.916. The van der Waals surface area contributed by atoms with E-state index in [2.05, 4.69) is 170 Å². The summed E-state index contributed by atoms with van der Waals surface area (Å²) in [5, 5.41) is 12.3. The average Bonchev–Trinajstić information content (AvgIpc) is 3.52. The summed E-state index contributed by atoms with van der Waals surface area (Å²) in [5.41, 5.74) is 9.20. The van der Waals surface area contributed by atoms with Gasteiger partial charge in [-0.3, -0.25) is 0 Å². The van der Waals surface area contributed by atoms with E-state index in [0.29, 0.717) is 0 Å². The van der Waals surface area contributed by atoms with Gasteiger partial charge in [-0.05, 0) is 107 Å². The molecule has 9 aromatic carbocycles. The molecule has 0 N–H and O–H groups in total. The van der Waals surface area contributed by atoms with Crippen LogP contribution >= 0.6 is 0 Å². The molecule has 1 nitrogen and oxygen atoms in total. The van der Waals surface area contributed by atoms with Gasteiger partial charge < -0.3 is 4.42 Å². The molecule has 0 atom stereocenters. The van der Waals surface area contributed by atoms with Crippen molar-refractivity contribution in [3.63, 3.8) is 0 Å². The second-order valence-electron chi connectivity index (χ2n) is 12.5. The second-order valence-corrected chi connectivity index (χ2v) is 12.5. The zero-order valence-electron chi connectivity index (χ0n) is 25.6. The first-order valence-electron chi connectivity index (χ1n) is 16.2. The summed E-state index contributed by atoms with van der Waals surface area (Å²) in [6.07, 6.45) is 0. The molecule has 0 unspecified atom stereocenters. The van der Waals surface area contributed by atoms with Crippen molar-refractivity contribution in [2.75, 3.05) is 0 Å². The van der Waals surface area contributed by atoms with Crippen molar-refractivity contribution >= 4 is 65.0 Å². The summed E-state index contributed by atoms with van der Waals surface area (Å²) in [4.78, 5) is 0. The number of fused-ring (bicyclic) bond motifs is 8. The van der Waals surface area contributed by atoms with E-state index in [1.165, 1.54) is 76.3 Å². The van der Waals surface area contributed by atoms with Gasteiger partial charge in [-0.2, -0.15) is 0 Å². The van der Waals surface area contributed by atoms with Crippen molar-refractivity contribution in [2.45, 2.75) is 0 Å². The molecule has 0 fully saturated rings. The number of hydrogen-bond donors (Lipinski definition) is 0. The first-order valence-corrected chi connectivity index (χ1v) is 16.2. The van der Waals surface area contributed by atoms with Crippen LogP contribution in [0.25, 0.3) is 98.4 Å². The molecule has 1 aromatic heterocycles. The Morgan fingerprint density at radius 3 is 1.51 bits per heavy atom. The molecule has 0 bridgehead atoms. The highest BCUT2D eigenvalue weighted by atomic mass is 16.3. The monoisotopic (exact) mass is 596 g/mol. The maximum atomic E-state index is 6.43. The first-order chi connectivity index (χ1) is 23.3. The topological polar surface area (TPSA) is 13.1 Å². The zero-order valence-corrected chi connectivity index (χ0v) is 25.6. The lowest BCUT2D eigenvalue weighted by Gasteiger charge is -2.18. The highest BCUT2D eigenvalue weighted by Gasteiger charge is 2.18. The lowest BCUT2D eigenvalue weighted by Crippen LogP contribution is -1.91. The minimum Gasteiger partial charge on any atom is -0.456 e. The first kappa shape index (κ1) is 26.1. The van der Waals surface area contributed by atoms with Crippen molar-refractivity contribution in [2.24, 2.45) is 0 Å². The summed E-state index contributed by atoms with van der Waals surface area (Å²) < 4.78 is 6.43. The molecular weight excluding hydrogens is 569 g/mol. The molecule has 0 radical (unpaired) electrons. The minimum atomic E-state index is 0.916. The number of benzene rings is 9. The molecule has 47 heavy (non-hydrogen) atoms. The third kappa shape index (κ3) is 4.03. The normalized spacial score (nSPS) is 11.8. The summed E-state index contributed by atoms with van der Waals surface area (Å²) in [7, 11) is 0. The quantitative estimate of drug-likeness (QED) is 0.185. The molecule has 0 saturated carbocycles. The van der Waals surface area contributed by atoms with Gasteiger partial charge in [0.15, 0.2) is 0 Å². The maximum absolute atomic E-state index is 6.43. The molecule has 0 amide bonds. The van der Waals surface area contributed by atoms with Crippen LogP contribution in [-0.2, 0) is 0 Å². The molecule has 10 aromatic rings. The van der Waals surface area contributed by atoms with Crippen molar-refractivity contribution in [3.05, 3.63) is 170 Å². The van der Waals surface area contributed by atoms with E-state index in [4.69, 9.17) is 4.42 Å². The third-order valence-electron chi connectivity index (χ3n) is 9.82. The van der Waals surface area contributed by atoms with Crippen LogP contribution < -0.4 is 0 Å². The average molecular weight is 597 g/mol. The van der Waals surface area contributed by atoms with Gasteiger partial charge in [-0.25, -0.2) is 0 Å². The third-order valence-corrected chi connectivity index (χ3v) is 9.82. The van der Waals surface area contributed by atoms with Gasteiger partial charge in [0.1, 0.15) is 11.2 Å². The van der Waals surface area contributed by atoms with Crippen LogP contribution in [0.3, 0.4) is 0 Å². The van der Waals surface area contributed by atoms with E-state index < -0.39 is 0 Å². The molecule has 0 saturated heterocycles. The largest absolute Gasteiger partial charge is 0.456 e. The fraction of sp³-hybridized carbons (Fsp3) is 0. The maximum Gasteiger partial charge on any atom is 0.136 e. The van der Waals surface area contributed by atoms with Gasteiger partial charge in [0.25, 0.3) is 0 Å². The standard InChI is InChI=1S/C46H28O/c1-2-10-29(11-3-1)32-20-24-41-43(28-32)47-42-25-22-33-27-35(21-23-36(33)46(41)42)45-39-16-8-6-14-37(39)44(38-15-7-9-17-40(38)45)34-19-18-30-12-4-5-13-31(30)26-34/h1-28H. The molecule has 1 heterocycles. The van der Waals surface area contributed by atoms with E-state index in [9.17, 15) is 0 Å². The Kier molecular flexibility index (Phi) is 5.64. The summed E-state index contributed by atoms with van der Waals surface area (Å²) in [6, 6.07) is 61.6. The number of hydrogen-bond acceptors (Lipinski definition) is 1. The van der Waals surface area contributed by atoms with Crippen LogP contribution in [-0.4, -0.2) is 0 Å². The van der Waals surface area contributed by atoms with Gasteiger partial charge in [-0.15, -0.1) is 0 Å². The SMILES string of the molecule is c1ccc(-c2ccc3c(c2)oc2ccc4cc(-c5c6ccccc6c(-c6ccc7ccccc7c6)c6ccccc56)ccc4c23)cc1. The van der Waals surface area contributed by atoms with E-state index in [-0.39, 0.29) is 0 Å². The number of rotatable bonds is 3. The molecule has 218 valence electrons. The van der Waals surface area contributed by atoms with E-state index >= 15 is 0 Å². The van der Waals surface area contributed by atoms with E-state index in [1.54, 1.807) is 0 Å². The van der Waals surface area contributed by atoms with Crippen LogP contribution in [0.1, 0.15) is 0 Å². The van der Waals surface area contributed by atoms with Crippen LogP contribution in [0.5, 0.6) is 0 Å². The van der Waals surface area contributed by atoms with Crippen molar-refractivity contribution in [1.82, 2.24) is 0 Å². The summed E-state index contributed by atoms with van der Waals surface area (Å²) in [5.74, 6) is 0.